The Morgan fingerprint density at radius 3 is 1.63 bits per heavy atom. The monoisotopic (exact) mass is 715 g/mol. The molecule has 0 aromatic rings. The highest BCUT2D eigenvalue weighted by molar-refractivity contribution is 7.99. The Labute approximate surface area is 297 Å². The van der Waals surface area contributed by atoms with Gasteiger partial charge < -0.3 is 54.4 Å². The number of thioether (sulfide) groups is 1. The molecule has 0 fully saturated rings. The molecule has 4 amide bonds. The predicted molar refractivity (Wildman–Crippen MR) is 199 cm³/mol. The normalized spacial score (nSPS) is 12.7. The van der Waals surface area contributed by atoms with Crippen LogP contribution in [0.5, 0.6) is 0 Å². The highest BCUT2D eigenvalue weighted by atomic mass is 32.2. The van der Waals surface area contributed by atoms with Gasteiger partial charge in [0.2, 0.25) is 23.6 Å². The molecule has 16 nitrogen and oxygen atoms in total. The molecule has 3 unspecified atom stereocenters. The molecule has 0 saturated heterocycles. The van der Waals surface area contributed by atoms with E-state index in [0.29, 0.717) is 44.6 Å². The number of carbonyl (C=O) groups excluding carboxylic acids is 4. The number of carbonyl (C=O) groups is 4. The molecule has 17 heteroatoms. The Kier molecular flexibility index (Phi) is 27.6. The summed E-state index contributed by atoms with van der Waals surface area (Å²) in [4.78, 5) is 51.9. The van der Waals surface area contributed by atoms with Crippen molar-refractivity contribution < 1.29 is 19.2 Å². The Balaban J connectivity index is 4.98. The first-order valence-corrected chi connectivity index (χ1v) is 18.9. The Morgan fingerprint density at radius 1 is 0.673 bits per heavy atom. The van der Waals surface area contributed by atoms with Crippen LogP contribution in [0.2, 0.25) is 0 Å². The zero-order valence-corrected chi connectivity index (χ0v) is 30.7. The maximum Gasteiger partial charge on any atom is 0.246 e. The highest BCUT2D eigenvalue weighted by Gasteiger charge is 2.25. The Morgan fingerprint density at radius 2 is 1.14 bits per heavy atom. The van der Waals surface area contributed by atoms with Crippen molar-refractivity contribution in [1.29, 1.82) is 10.8 Å². The van der Waals surface area contributed by atoms with Gasteiger partial charge in [0.1, 0.15) is 18.1 Å². The molecule has 0 bridgehead atoms. The zero-order chi connectivity index (χ0) is 36.9. The molecule has 0 heterocycles. The first-order valence-electron chi connectivity index (χ1n) is 17.7. The smallest absolute Gasteiger partial charge is 0.246 e. The van der Waals surface area contributed by atoms with Gasteiger partial charge >= 0.3 is 0 Å². The summed E-state index contributed by atoms with van der Waals surface area (Å²) in [7, 11) is 0. The topological polar surface area (TPSA) is 283 Å². The van der Waals surface area contributed by atoms with Crippen molar-refractivity contribution in [3.8, 4) is 0 Å². The first-order chi connectivity index (χ1) is 23.4. The van der Waals surface area contributed by atoms with E-state index in [1.54, 1.807) is 16.7 Å². The molecule has 0 aliphatic rings. The first kappa shape index (κ1) is 45.7. The molecule has 0 aromatic carbocycles. The molecular formula is C32H66N12O4S. The van der Waals surface area contributed by atoms with Crippen molar-refractivity contribution in [3.63, 3.8) is 0 Å². The molecular weight excluding hydrogens is 648 g/mol. The number of nitrogens with one attached hydrogen (secondary N) is 7. The lowest BCUT2D eigenvalue weighted by Crippen LogP contribution is -2.51. The van der Waals surface area contributed by atoms with Crippen LogP contribution in [0.1, 0.15) is 97.3 Å². The average molecular weight is 715 g/mol. The Hall–Kier alpha value is -3.31. The van der Waals surface area contributed by atoms with Crippen molar-refractivity contribution in [2.45, 2.75) is 115 Å². The molecule has 15 N–H and O–H groups in total. The van der Waals surface area contributed by atoms with Crippen molar-refractivity contribution >= 4 is 47.3 Å². The molecule has 0 aliphatic carbocycles. The van der Waals surface area contributed by atoms with E-state index in [1.165, 1.54) is 58.3 Å². The van der Waals surface area contributed by atoms with Gasteiger partial charge in [-0.15, -0.1) is 0 Å². The van der Waals surface area contributed by atoms with Gasteiger partial charge in [-0.1, -0.05) is 64.7 Å². The van der Waals surface area contributed by atoms with Gasteiger partial charge in [0.15, 0.2) is 11.9 Å². The number of hydrogen-bond acceptors (Lipinski definition) is 9. The molecule has 0 radical (unpaired) electrons. The molecule has 0 saturated carbocycles. The third-order valence-electron chi connectivity index (χ3n) is 7.67. The second-order valence-corrected chi connectivity index (χ2v) is 13.4. The van der Waals surface area contributed by atoms with Crippen LogP contribution in [0.25, 0.3) is 0 Å². The number of hydrogen-bond donors (Lipinski definition) is 11. The fraction of sp³-hybridized carbons (Fsp3) is 0.812. The number of rotatable bonds is 30. The average Bonchev–Trinajstić information content (AvgIpc) is 3.05. The second kappa shape index (κ2) is 29.6. The van der Waals surface area contributed by atoms with E-state index in [1.807, 2.05) is 0 Å². The third-order valence-corrected chi connectivity index (χ3v) is 8.82. The standard InChI is InChI=1S/C32H66N12O4S/c1-3-4-5-6-7-8-9-10-11-14-20-49-23-27(43-24(2)45)30(48)44(19-15-17-40-29(47)26(34)22-42-32(37)38)18-13-12-16-39-28(46)25(33)21-41-31(35)36/h25-27H,3-23,33-34H2,1-2H3,(H,39,46)(H,40,47)(H,43,45)(H4,35,36,41)(H4,37,38,42). The van der Waals surface area contributed by atoms with Crippen molar-refractivity contribution in [1.82, 2.24) is 31.5 Å². The number of amides is 4. The summed E-state index contributed by atoms with van der Waals surface area (Å²) in [5, 5.41) is 27.7. The van der Waals surface area contributed by atoms with Gasteiger partial charge in [0.25, 0.3) is 0 Å². The molecule has 0 aliphatic heterocycles. The van der Waals surface area contributed by atoms with E-state index in [4.69, 9.17) is 33.8 Å². The fourth-order valence-electron chi connectivity index (χ4n) is 4.87. The highest BCUT2D eigenvalue weighted by Crippen LogP contribution is 2.14. The van der Waals surface area contributed by atoms with Crippen LogP contribution < -0.4 is 49.5 Å². The summed E-state index contributed by atoms with van der Waals surface area (Å²) in [6, 6.07) is -2.43. The van der Waals surface area contributed by atoms with Crippen molar-refractivity contribution in [2.75, 3.05) is 50.8 Å². The minimum atomic E-state index is -0.889. The van der Waals surface area contributed by atoms with Crippen LogP contribution in [-0.2, 0) is 19.2 Å². The van der Waals surface area contributed by atoms with E-state index >= 15 is 0 Å². The van der Waals surface area contributed by atoms with E-state index < -0.39 is 24.0 Å². The van der Waals surface area contributed by atoms with Gasteiger partial charge in [-0.05, 0) is 31.4 Å². The quantitative estimate of drug-likeness (QED) is 0.0267. The number of nitrogens with two attached hydrogens (primary N) is 4. The minimum absolute atomic E-state index is 0.0235. The number of nitrogens with zero attached hydrogens (tertiary/aromatic N) is 1. The zero-order valence-electron chi connectivity index (χ0n) is 29.9. The van der Waals surface area contributed by atoms with Crippen LogP contribution in [0.4, 0.5) is 0 Å². The van der Waals surface area contributed by atoms with Crippen LogP contribution >= 0.6 is 11.8 Å². The molecule has 284 valence electrons. The van der Waals surface area contributed by atoms with E-state index in [2.05, 4.69) is 33.5 Å². The summed E-state index contributed by atoms with van der Waals surface area (Å²) in [5.74, 6) is -0.428. The molecule has 49 heavy (non-hydrogen) atoms. The maximum absolute atomic E-state index is 13.7. The van der Waals surface area contributed by atoms with Gasteiger partial charge in [0, 0.05) is 51.9 Å². The minimum Gasteiger partial charge on any atom is -0.370 e. The van der Waals surface area contributed by atoms with Gasteiger partial charge in [-0.25, -0.2) is 0 Å². The van der Waals surface area contributed by atoms with Gasteiger partial charge in [-0.2, -0.15) is 11.8 Å². The summed E-state index contributed by atoms with van der Waals surface area (Å²) in [5.41, 5.74) is 22.1. The summed E-state index contributed by atoms with van der Waals surface area (Å²) < 4.78 is 0. The van der Waals surface area contributed by atoms with Crippen LogP contribution in [0, 0.1) is 10.8 Å². The van der Waals surface area contributed by atoms with Crippen LogP contribution in [-0.4, -0.2) is 109 Å². The Bertz CT molecular complexity index is 974. The largest absolute Gasteiger partial charge is 0.370 e. The van der Waals surface area contributed by atoms with E-state index in [0.717, 1.165) is 18.6 Å². The SMILES string of the molecule is CCCCCCCCCCCCSCC(NC(C)=O)C(=O)N(CCCCNC(=O)C(N)CNC(=N)N)CCCNC(=O)C(N)CNC(=N)N. The van der Waals surface area contributed by atoms with Crippen LogP contribution in [0.15, 0.2) is 0 Å². The van der Waals surface area contributed by atoms with Crippen molar-refractivity contribution in [2.24, 2.45) is 22.9 Å². The van der Waals surface area contributed by atoms with Crippen molar-refractivity contribution in [3.05, 3.63) is 0 Å². The van der Waals surface area contributed by atoms with Gasteiger partial charge in [-0.3, -0.25) is 30.0 Å². The molecule has 0 aromatic heterocycles. The predicted octanol–water partition coefficient (Wildman–Crippen LogP) is -0.00276. The number of guanidine groups is 2. The lowest BCUT2D eigenvalue weighted by Gasteiger charge is -2.28. The summed E-state index contributed by atoms with van der Waals surface area (Å²) in [6.45, 7) is 5.05. The third kappa shape index (κ3) is 26.3. The lowest BCUT2D eigenvalue weighted by molar-refractivity contribution is -0.135. The second-order valence-electron chi connectivity index (χ2n) is 12.3. The summed E-state index contributed by atoms with van der Waals surface area (Å²) >= 11 is 1.66. The fourth-order valence-corrected chi connectivity index (χ4v) is 5.91. The maximum atomic E-state index is 13.7. The van der Waals surface area contributed by atoms with Crippen LogP contribution in [0.3, 0.4) is 0 Å². The number of unbranched alkanes of at least 4 members (excludes halogenated alkanes) is 10. The molecule has 0 spiro atoms. The van der Waals surface area contributed by atoms with E-state index in [9.17, 15) is 19.2 Å². The molecule has 0 rings (SSSR count). The van der Waals surface area contributed by atoms with Gasteiger partial charge in [0.05, 0.1) is 0 Å². The van der Waals surface area contributed by atoms with E-state index in [-0.39, 0.29) is 49.3 Å². The molecule has 3 atom stereocenters. The lowest BCUT2D eigenvalue weighted by atomic mass is 10.1. The summed E-state index contributed by atoms with van der Waals surface area (Å²) in [6.07, 6.45) is 14.2.